The summed E-state index contributed by atoms with van der Waals surface area (Å²) in [5.74, 6) is 4.51. The summed E-state index contributed by atoms with van der Waals surface area (Å²) in [4.78, 5) is 32.3. The van der Waals surface area contributed by atoms with Crippen molar-refractivity contribution in [2.45, 2.75) is 13.8 Å². The molecule has 0 radical (unpaired) electrons. The van der Waals surface area contributed by atoms with Crippen LogP contribution in [0.2, 0.25) is 0 Å². The molecule has 6 aromatic carbocycles. The minimum Gasteiger partial charge on any atom is -0.480 e. The Morgan fingerprint density at radius 1 is 0.368 bits per heavy atom. The van der Waals surface area contributed by atoms with Crippen LogP contribution in [0.25, 0.3) is 21.5 Å². The zero-order valence-electron chi connectivity index (χ0n) is 30.8. The molecule has 0 spiro atoms. The van der Waals surface area contributed by atoms with E-state index < -0.39 is 8.88 Å². The predicted octanol–water partition coefficient (Wildman–Crippen LogP) is 8.15. The lowest BCUT2D eigenvalue weighted by Crippen LogP contribution is -2.68. The van der Waals surface area contributed by atoms with Crippen LogP contribution in [-0.2, 0) is 0 Å². The molecule has 270 valence electrons. The summed E-state index contributed by atoms with van der Waals surface area (Å²) < 4.78 is 19.5. The van der Waals surface area contributed by atoms with Crippen molar-refractivity contribution in [1.82, 2.24) is 8.47 Å². The minimum absolute atomic E-state index is 0.537. The summed E-state index contributed by atoms with van der Waals surface area (Å²) in [5, 5.41) is 3.41. The van der Waals surface area contributed by atoms with Crippen molar-refractivity contribution in [3.8, 4) is 11.5 Å². The van der Waals surface area contributed by atoms with Gasteiger partial charge in [-0.3, -0.25) is 8.47 Å². The summed E-state index contributed by atoms with van der Waals surface area (Å²) in [7, 11) is -4.41. The van der Waals surface area contributed by atoms with Gasteiger partial charge in [0.15, 0.2) is 23.3 Å². The summed E-state index contributed by atoms with van der Waals surface area (Å²) >= 11 is 0. The standard InChI is InChI=1S/C46H30N8O2Si/c1-27-19-23-29(24-20-27)55-57(56-30-25-21-28(2)22-26-30)53-43-35-15-7-8-16-36(35)45(53)51-41-33-13-5-6-14-34(33)42(48-41)52-46-38-18-10-9-17-37(38)44(54(46)57)50-40-32-12-4-3-11-31(32)39(47-40)49-43/h3-26H,1-2H3. The van der Waals surface area contributed by atoms with Gasteiger partial charge in [0.1, 0.15) is 34.1 Å². The first-order chi connectivity index (χ1) is 28.0. The van der Waals surface area contributed by atoms with Gasteiger partial charge < -0.3 is 8.85 Å². The molecule has 0 saturated carbocycles. The van der Waals surface area contributed by atoms with Crippen LogP contribution in [-0.4, -0.2) is 40.7 Å². The van der Waals surface area contributed by atoms with E-state index in [1.807, 2.05) is 121 Å². The number of nitrogens with zero attached hydrogens (tertiary/aromatic N) is 8. The van der Waals surface area contributed by atoms with Crippen molar-refractivity contribution in [3.05, 3.63) is 190 Å². The molecule has 4 aliphatic heterocycles. The van der Waals surface area contributed by atoms with Gasteiger partial charge in [0.25, 0.3) is 0 Å². The summed E-state index contributed by atoms with van der Waals surface area (Å²) in [6, 6.07) is 48.7. The Morgan fingerprint density at radius 3 is 1.12 bits per heavy atom. The number of fused-ring (bicyclic) bond motifs is 14. The summed E-state index contributed by atoms with van der Waals surface area (Å²) in [5.41, 5.74) is 6.88. The number of rotatable bonds is 4. The van der Waals surface area contributed by atoms with Gasteiger partial charge in [0.05, 0.1) is 0 Å². The van der Waals surface area contributed by atoms with E-state index in [9.17, 15) is 0 Å². The van der Waals surface area contributed by atoms with E-state index in [1.54, 1.807) is 0 Å². The number of amidine groups is 4. The molecule has 0 N–H and O–H groups in total. The lowest BCUT2D eigenvalue weighted by molar-refractivity contribution is 0.345. The average Bonchev–Trinajstić information content (AvgIpc) is 3.96. The second kappa shape index (κ2) is 11.7. The first-order valence-electron chi connectivity index (χ1n) is 18.8. The van der Waals surface area contributed by atoms with Crippen LogP contribution in [0.4, 0.5) is 11.6 Å². The van der Waals surface area contributed by atoms with Gasteiger partial charge in [-0.2, -0.15) is 0 Å². The second-order valence-corrected chi connectivity index (χ2v) is 16.9. The Balaban J connectivity index is 1.38. The summed E-state index contributed by atoms with van der Waals surface area (Å²) in [6.07, 6.45) is 0. The van der Waals surface area contributed by atoms with Gasteiger partial charge in [-0.05, 0) is 38.1 Å². The zero-order valence-corrected chi connectivity index (χ0v) is 31.8. The molecule has 0 saturated heterocycles. The summed E-state index contributed by atoms with van der Waals surface area (Å²) in [6.45, 7) is 4.12. The van der Waals surface area contributed by atoms with E-state index in [2.05, 4.69) is 46.6 Å². The van der Waals surface area contributed by atoms with Crippen LogP contribution in [0.3, 0.4) is 0 Å². The minimum atomic E-state index is -4.41. The van der Waals surface area contributed by atoms with Crippen LogP contribution in [0.5, 0.6) is 11.5 Å². The normalized spacial score (nSPS) is 15.3. The van der Waals surface area contributed by atoms with E-state index >= 15 is 0 Å². The monoisotopic (exact) mass is 754 g/mol. The third-order valence-electron chi connectivity index (χ3n) is 10.9. The highest BCUT2D eigenvalue weighted by Gasteiger charge is 2.57. The fraction of sp³-hybridized carbons (Fsp3) is 0.0435. The maximum Gasteiger partial charge on any atom is 0.738 e. The molecule has 6 heterocycles. The first kappa shape index (κ1) is 31.8. The van der Waals surface area contributed by atoms with Crippen molar-refractivity contribution in [1.29, 1.82) is 0 Å². The van der Waals surface area contributed by atoms with Gasteiger partial charge >= 0.3 is 8.88 Å². The molecule has 6 bridgehead atoms. The molecule has 0 atom stereocenters. The van der Waals surface area contributed by atoms with E-state index in [4.69, 9.17) is 38.8 Å². The SMILES string of the molecule is Cc1ccc(O[Si]2(Oc3ccc(C)cc3)n3c4c5ccccc5c3N=C3N=C(N=c5c6ccccc6c(n52)=NC2=NC(=N4)c4ccccc42)c2ccccc23)cc1. The smallest absolute Gasteiger partial charge is 0.480 e. The van der Waals surface area contributed by atoms with E-state index in [0.29, 0.717) is 57.5 Å². The lowest BCUT2D eigenvalue weighted by Gasteiger charge is -2.33. The van der Waals surface area contributed by atoms with E-state index in [1.165, 1.54) is 0 Å². The first-order valence-corrected chi connectivity index (χ1v) is 20.5. The van der Waals surface area contributed by atoms with Crippen LogP contribution in [0.1, 0.15) is 33.4 Å². The molecule has 12 rings (SSSR count). The highest BCUT2D eigenvalue weighted by atomic mass is 28.4. The fourth-order valence-corrected chi connectivity index (χ4v) is 11.4. The molecule has 11 heteroatoms. The number of aromatic nitrogens is 2. The molecular weight excluding hydrogens is 725 g/mol. The van der Waals surface area contributed by atoms with Gasteiger partial charge in [-0.25, -0.2) is 30.0 Å². The van der Waals surface area contributed by atoms with E-state index in [0.717, 1.165) is 54.9 Å². The van der Waals surface area contributed by atoms with Crippen LogP contribution < -0.4 is 19.8 Å². The molecule has 2 aromatic heterocycles. The molecule has 57 heavy (non-hydrogen) atoms. The van der Waals surface area contributed by atoms with Gasteiger partial charge in [0, 0.05) is 43.8 Å². The van der Waals surface area contributed by atoms with Crippen molar-refractivity contribution in [2.75, 3.05) is 0 Å². The van der Waals surface area contributed by atoms with Crippen LogP contribution >= 0.6 is 0 Å². The number of hydrogen-bond acceptors (Lipinski definition) is 8. The highest BCUT2D eigenvalue weighted by molar-refractivity contribution is 6.67. The molecule has 8 aromatic rings. The van der Waals surface area contributed by atoms with Crippen molar-refractivity contribution in [3.63, 3.8) is 0 Å². The third kappa shape index (κ3) is 4.63. The average molecular weight is 755 g/mol. The zero-order chi connectivity index (χ0) is 37.8. The Morgan fingerprint density at radius 2 is 0.719 bits per heavy atom. The van der Waals surface area contributed by atoms with E-state index in [-0.39, 0.29) is 0 Å². The van der Waals surface area contributed by atoms with Crippen molar-refractivity contribution < 1.29 is 8.85 Å². The van der Waals surface area contributed by atoms with Crippen LogP contribution in [0.15, 0.2) is 176 Å². The van der Waals surface area contributed by atoms with Crippen LogP contribution in [0, 0.1) is 13.8 Å². The largest absolute Gasteiger partial charge is 0.738 e. The number of aryl methyl sites for hydroxylation is 2. The Kier molecular flexibility index (Phi) is 6.56. The molecule has 0 unspecified atom stereocenters. The van der Waals surface area contributed by atoms with Crippen molar-refractivity contribution in [2.24, 2.45) is 30.0 Å². The Bertz CT molecular complexity index is 3110. The third-order valence-corrected chi connectivity index (χ3v) is 13.8. The fourth-order valence-electron chi connectivity index (χ4n) is 8.16. The van der Waals surface area contributed by atoms with Gasteiger partial charge in [0.2, 0.25) is 0 Å². The highest BCUT2D eigenvalue weighted by Crippen LogP contribution is 2.44. The lowest BCUT2D eigenvalue weighted by atomic mass is 10.1. The number of hydrogen-bond donors (Lipinski definition) is 0. The maximum absolute atomic E-state index is 7.67. The molecular formula is C46H30N8O2Si. The second-order valence-electron chi connectivity index (χ2n) is 14.5. The molecule has 4 aliphatic rings. The molecule has 0 fully saturated rings. The van der Waals surface area contributed by atoms with Crippen molar-refractivity contribution >= 4 is 65.4 Å². The molecule has 0 aliphatic carbocycles. The van der Waals surface area contributed by atoms with Gasteiger partial charge in [-0.15, -0.1) is 0 Å². The van der Waals surface area contributed by atoms with Gasteiger partial charge in [-0.1, -0.05) is 132 Å². The predicted molar refractivity (Wildman–Crippen MR) is 225 cm³/mol. The molecule has 10 nitrogen and oxygen atoms in total. The number of benzene rings is 6. The number of aliphatic imine (C=N–C) groups is 4. The quantitative estimate of drug-likeness (QED) is 0.169. The Labute approximate surface area is 326 Å². The maximum atomic E-state index is 7.67. The topological polar surface area (TPSA) is 102 Å². The Hall–Kier alpha value is -7.50. The molecule has 0 amide bonds.